The van der Waals surface area contributed by atoms with Crippen molar-refractivity contribution in [3.8, 4) is 0 Å². The van der Waals surface area contributed by atoms with E-state index in [-0.39, 0.29) is 11.8 Å². The Balaban J connectivity index is 1.82. The van der Waals surface area contributed by atoms with E-state index in [2.05, 4.69) is 5.32 Å². The first-order valence-corrected chi connectivity index (χ1v) is 8.78. The first-order valence-electron chi connectivity index (χ1n) is 7.96. The van der Waals surface area contributed by atoms with E-state index < -0.39 is 5.91 Å². The Hall–Kier alpha value is -2.70. The summed E-state index contributed by atoms with van der Waals surface area (Å²) in [6.07, 6.45) is 0.706. The zero-order valence-electron chi connectivity index (χ0n) is 13.7. The van der Waals surface area contributed by atoms with Gasteiger partial charge in [0.25, 0.3) is 5.91 Å². The molecule has 128 valence electrons. The van der Waals surface area contributed by atoms with Crippen molar-refractivity contribution in [2.75, 3.05) is 5.32 Å². The van der Waals surface area contributed by atoms with Crippen LogP contribution in [0.25, 0.3) is 10.1 Å². The number of hydrogen-bond acceptors (Lipinski definition) is 4. The Morgan fingerprint density at radius 1 is 1.12 bits per heavy atom. The van der Waals surface area contributed by atoms with Gasteiger partial charge in [0, 0.05) is 10.4 Å². The summed E-state index contributed by atoms with van der Waals surface area (Å²) in [7, 11) is 0. The summed E-state index contributed by atoms with van der Waals surface area (Å²) in [6.45, 7) is 1.99. The molecule has 2 aromatic carbocycles. The lowest BCUT2D eigenvalue weighted by Gasteiger charge is -2.15. The molecule has 0 aliphatic carbocycles. The molecule has 1 unspecified atom stereocenters. The SMILES string of the molecule is CCC(C(=O)Nc1ccc2sc(C(=O)NO)cc2c1)c1ccccc1. The van der Waals surface area contributed by atoms with Crippen LogP contribution in [0.2, 0.25) is 0 Å². The highest BCUT2D eigenvalue weighted by Crippen LogP contribution is 2.29. The van der Waals surface area contributed by atoms with Crippen molar-refractivity contribution >= 4 is 38.9 Å². The summed E-state index contributed by atoms with van der Waals surface area (Å²) < 4.78 is 0.909. The smallest absolute Gasteiger partial charge is 0.284 e. The molecule has 0 aliphatic heterocycles. The maximum Gasteiger partial charge on any atom is 0.284 e. The molecule has 1 aromatic heterocycles. The minimum atomic E-state index is -0.540. The molecule has 5 nitrogen and oxygen atoms in total. The minimum absolute atomic E-state index is 0.0587. The van der Waals surface area contributed by atoms with Gasteiger partial charge in [-0.15, -0.1) is 11.3 Å². The summed E-state index contributed by atoms with van der Waals surface area (Å²) in [5.41, 5.74) is 3.30. The van der Waals surface area contributed by atoms with E-state index in [1.54, 1.807) is 11.5 Å². The topological polar surface area (TPSA) is 78.4 Å². The van der Waals surface area contributed by atoms with Gasteiger partial charge in [-0.3, -0.25) is 14.8 Å². The first-order chi connectivity index (χ1) is 12.1. The quantitative estimate of drug-likeness (QED) is 0.476. The Kier molecular flexibility index (Phi) is 5.11. The molecule has 6 heteroatoms. The van der Waals surface area contributed by atoms with Crippen LogP contribution in [0.5, 0.6) is 0 Å². The summed E-state index contributed by atoms with van der Waals surface area (Å²) in [6, 6.07) is 16.9. The number of nitrogens with one attached hydrogen (secondary N) is 2. The molecule has 0 saturated heterocycles. The minimum Gasteiger partial charge on any atom is -0.326 e. The molecule has 3 aromatic rings. The van der Waals surface area contributed by atoms with Gasteiger partial charge >= 0.3 is 0 Å². The zero-order chi connectivity index (χ0) is 17.8. The van der Waals surface area contributed by atoms with Crippen LogP contribution >= 0.6 is 11.3 Å². The zero-order valence-corrected chi connectivity index (χ0v) is 14.5. The third-order valence-corrected chi connectivity index (χ3v) is 5.15. The maximum absolute atomic E-state index is 12.6. The van der Waals surface area contributed by atoms with Gasteiger partial charge < -0.3 is 5.32 Å². The standard InChI is InChI=1S/C19H18N2O3S/c1-2-15(12-6-4-3-5-7-12)18(22)20-14-8-9-16-13(10-14)11-17(25-16)19(23)21-24/h3-11,15,24H,2H2,1H3,(H,20,22)(H,21,23). The fourth-order valence-electron chi connectivity index (χ4n) is 2.78. The van der Waals surface area contributed by atoms with E-state index in [0.717, 1.165) is 15.6 Å². The number of thiophene rings is 1. The number of benzene rings is 2. The monoisotopic (exact) mass is 354 g/mol. The molecule has 3 N–H and O–H groups in total. The van der Waals surface area contributed by atoms with Crippen LogP contribution in [-0.4, -0.2) is 17.0 Å². The van der Waals surface area contributed by atoms with Crippen molar-refractivity contribution in [2.24, 2.45) is 0 Å². The summed E-state index contributed by atoms with van der Waals surface area (Å²) in [5.74, 6) is -0.811. The van der Waals surface area contributed by atoms with Gasteiger partial charge in [0.1, 0.15) is 0 Å². The maximum atomic E-state index is 12.6. The van der Waals surface area contributed by atoms with Crippen molar-refractivity contribution in [3.63, 3.8) is 0 Å². The highest BCUT2D eigenvalue weighted by Gasteiger charge is 2.19. The van der Waals surface area contributed by atoms with E-state index >= 15 is 0 Å². The Morgan fingerprint density at radius 3 is 2.56 bits per heavy atom. The molecule has 1 heterocycles. The second-order valence-corrected chi connectivity index (χ2v) is 6.75. The molecule has 0 spiro atoms. The number of hydrogen-bond donors (Lipinski definition) is 3. The normalized spacial score (nSPS) is 11.9. The van der Waals surface area contributed by atoms with E-state index in [1.807, 2.05) is 55.5 Å². The van der Waals surface area contributed by atoms with E-state index in [0.29, 0.717) is 17.0 Å². The summed E-state index contributed by atoms with van der Waals surface area (Å²) in [4.78, 5) is 24.6. The van der Waals surface area contributed by atoms with Crippen molar-refractivity contribution in [2.45, 2.75) is 19.3 Å². The largest absolute Gasteiger partial charge is 0.326 e. The second kappa shape index (κ2) is 7.46. The third-order valence-electron chi connectivity index (χ3n) is 4.04. The van der Waals surface area contributed by atoms with Crippen molar-refractivity contribution in [3.05, 3.63) is 65.0 Å². The number of carbonyl (C=O) groups is 2. The summed E-state index contributed by atoms with van der Waals surface area (Å²) >= 11 is 1.28. The number of carbonyl (C=O) groups excluding carboxylic acids is 2. The Morgan fingerprint density at radius 2 is 1.88 bits per heavy atom. The first kappa shape index (κ1) is 17.1. The molecule has 0 bridgehead atoms. The lowest BCUT2D eigenvalue weighted by molar-refractivity contribution is -0.117. The predicted octanol–water partition coefficient (Wildman–Crippen LogP) is 4.15. The molecule has 0 radical (unpaired) electrons. The van der Waals surface area contributed by atoms with Crippen LogP contribution in [0, 0.1) is 0 Å². The molecule has 25 heavy (non-hydrogen) atoms. The Labute approximate surface area is 149 Å². The van der Waals surface area contributed by atoms with Crippen LogP contribution in [0.3, 0.4) is 0 Å². The van der Waals surface area contributed by atoms with E-state index in [9.17, 15) is 9.59 Å². The van der Waals surface area contributed by atoms with Crippen molar-refractivity contribution in [1.82, 2.24) is 5.48 Å². The van der Waals surface area contributed by atoms with Crippen LogP contribution in [0.15, 0.2) is 54.6 Å². The molecular formula is C19H18N2O3S. The average molecular weight is 354 g/mol. The van der Waals surface area contributed by atoms with Crippen molar-refractivity contribution in [1.29, 1.82) is 0 Å². The molecule has 3 rings (SSSR count). The fraction of sp³-hybridized carbons (Fsp3) is 0.158. The van der Waals surface area contributed by atoms with Crippen LogP contribution in [-0.2, 0) is 4.79 Å². The lowest BCUT2D eigenvalue weighted by Crippen LogP contribution is -2.20. The number of anilines is 1. The number of rotatable bonds is 5. The number of amides is 2. The highest BCUT2D eigenvalue weighted by atomic mass is 32.1. The molecule has 0 aliphatic rings. The number of hydroxylamine groups is 1. The average Bonchev–Trinajstić information content (AvgIpc) is 3.06. The predicted molar refractivity (Wildman–Crippen MR) is 99.2 cm³/mol. The van der Waals surface area contributed by atoms with Crippen LogP contribution in [0.1, 0.15) is 34.5 Å². The molecule has 0 saturated carbocycles. The molecule has 0 fully saturated rings. The van der Waals surface area contributed by atoms with Gasteiger partial charge in [-0.2, -0.15) is 0 Å². The van der Waals surface area contributed by atoms with Gasteiger partial charge in [0.2, 0.25) is 5.91 Å². The third kappa shape index (κ3) is 3.70. The van der Waals surface area contributed by atoms with Gasteiger partial charge in [-0.1, -0.05) is 37.3 Å². The number of fused-ring (bicyclic) bond motifs is 1. The fourth-order valence-corrected chi connectivity index (χ4v) is 3.71. The van der Waals surface area contributed by atoms with Gasteiger partial charge in [-0.05, 0) is 41.6 Å². The van der Waals surface area contributed by atoms with Gasteiger partial charge in [0.05, 0.1) is 10.8 Å². The van der Waals surface area contributed by atoms with Crippen LogP contribution < -0.4 is 10.8 Å². The lowest BCUT2D eigenvalue weighted by atomic mass is 9.95. The molecular weight excluding hydrogens is 336 g/mol. The molecule has 2 amide bonds. The molecule has 1 atom stereocenters. The second-order valence-electron chi connectivity index (χ2n) is 5.66. The van der Waals surface area contributed by atoms with Gasteiger partial charge in [-0.25, -0.2) is 5.48 Å². The Bertz CT molecular complexity index is 905. The van der Waals surface area contributed by atoms with E-state index in [4.69, 9.17) is 5.21 Å². The van der Waals surface area contributed by atoms with E-state index in [1.165, 1.54) is 11.3 Å². The van der Waals surface area contributed by atoms with Gasteiger partial charge in [0.15, 0.2) is 0 Å². The summed E-state index contributed by atoms with van der Waals surface area (Å²) in [5, 5.41) is 12.5. The van der Waals surface area contributed by atoms with Crippen LogP contribution in [0.4, 0.5) is 5.69 Å². The highest BCUT2D eigenvalue weighted by molar-refractivity contribution is 7.20. The van der Waals surface area contributed by atoms with Crippen molar-refractivity contribution < 1.29 is 14.8 Å².